The predicted molar refractivity (Wildman–Crippen MR) is 117 cm³/mol. The highest BCUT2D eigenvalue weighted by atomic mass is 79.9. The highest BCUT2D eigenvalue weighted by molar-refractivity contribution is 9.10. The molecule has 0 bridgehead atoms. The number of nitrogens with zero attached hydrogens (tertiary/aromatic N) is 2. The van der Waals surface area contributed by atoms with E-state index in [1.54, 1.807) is 24.3 Å². The van der Waals surface area contributed by atoms with Crippen LogP contribution in [0, 0.1) is 11.8 Å². The molecule has 0 radical (unpaired) electrons. The summed E-state index contributed by atoms with van der Waals surface area (Å²) in [5, 5.41) is 2.99. The number of rotatable bonds is 2. The van der Waals surface area contributed by atoms with Crippen molar-refractivity contribution < 1.29 is 19.1 Å². The van der Waals surface area contributed by atoms with Crippen LogP contribution < -0.4 is 15.0 Å². The molecule has 0 saturated carbocycles. The van der Waals surface area contributed by atoms with Gasteiger partial charge in [0.15, 0.2) is 0 Å². The van der Waals surface area contributed by atoms with Crippen LogP contribution in [0.5, 0.6) is 5.75 Å². The number of hydrogen-bond acceptors (Lipinski definition) is 5. The minimum atomic E-state index is -1.17. The lowest BCUT2D eigenvalue weighted by Crippen LogP contribution is -2.54. The fraction of sp³-hybridized carbons (Fsp3) is 0.348. The molecule has 158 valence electrons. The van der Waals surface area contributed by atoms with Gasteiger partial charge in [-0.2, -0.15) is 0 Å². The fourth-order valence-corrected chi connectivity index (χ4v) is 6.59. The average molecular weight is 482 g/mol. The molecule has 4 aliphatic rings. The lowest BCUT2D eigenvalue weighted by molar-refractivity contribution is -0.135. The van der Waals surface area contributed by atoms with E-state index in [4.69, 9.17) is 4.74 Å². The Hall–Kier alpha value is -2.71. The Morgan fingerprint density at radius 3 is 2.74 bits per heavy atom. The Bertz CT molecular complexity index is 1170. The fourth-order valence-electron chi connectivity index (χ4n) is 6.23. The van der Waals surface area contributed by atoms with Crippen LogP contribution in [-0.2, 0) is 19.9 Å². The summed E-state index contributed by atoms with van der Waals surface area (Å²) >= 11 is 3.52. The lowest BCUT2D eigenvalue weighted by atomic mass is 9.75. The van der Waals surface area contributed by atoms with Crippen molar-refractivity contribution in [1.82, 2.24) is 4.90 Å². The molecule has 2 aromatic rings. The summed E-state index contributed by atoms with van der Waals surface area (Å²) in [6.45, 7) is 0.687. The smallest absolute Gasteiger partial charge is 0.250 e. The molecule has 1 N–H and O–H groups in total. The van der Waals surface area contributed by atoms with Crippen LogP contribution in [-0.4, -0.2) is 42.3 Å². The minimum Gasteiger partial charge on any atom is -0.495 e. The quantitative estimate of drug-likeness (QED) is 0.667. The second kappa shape index (κ2) is 6.40. The number of benzene rings is 2. The molecule has 0 aliphatic carbocycles. The van der Waals surface area contributed by atoms with Gasteiger partial charge in [0.1, 0.15) is 11.3 Å². The van der Waals surface area contributed by atoms with Crippen molar-refractivity contribution in [3.05, 3.63) is 52.5 Å². The molecule has 6 rings (SSSR count). The summed E-state index contributed by atoms with van der Waals surface area (Å²) in [6.07, 6.45) is 1.68. The first kappa shape index (κ1) is 19.0. The molecule has 3 amide bonds. The number of halogens is 1. The van der Waals surface area contributed by atoms with Crippen LogP contribution >= 0.6 is 15.9 Å². The molecular weight excluding hydrogens is 462 g/mol. The molecule has 4 heterocycles. The van der Waals surface area contributed by atoms with Crippen LogP contribution in [0.1, 0.15) is 18.4 Å². The number of anilines is 2. The Morgan fingerprint density at radius 2 is 1.94 bits per heavy atom. The van der Waals surface area contributed by atoms with E-state index in [0.717, 1.165) is 22.9 Å². The Labute approximate surface area is 187 Å². The summed E-state index contributed by atoms with van der Waals surface area (Å²) in [6, 6.07) is 12.5. The Kier molecular flexibility index (Phi) is 3.92. The molecular formula is C23H20BrN3O4. The maximum Gasteiger partial charge on any atom is 0.250 e. The topological polar surface area (TPSA) is 79.0 Å². The molecule has 0 unspecified atom stereocenters. The van der Waals surface area contributed by atoms with Crippen molar-refractivity contribution in [3.8, 4) is 5.75 Å². The number of ether oxygens (including phenoxy) is 1. The zero-order valence-corrected chi connectivity index (χ0v) is 18.4. The molecule has 4 atom stereocenters. The third kappa shape index (κ3) is 2.19. The van der Waals surface area contributed by atoms with Gasteiger partial charge in [-0.05, 0) is 49.7 Å². The van der Waals surface area contributed by atoms with Crippen molar-refractivity contribution in [2.24, 2.45) is 11.8 Å². The SMILES string of the molecule is COc1ccccc1N1C(=O)[C@@H]2[C@@H]3CCCN3[C@]3(C(=O)Nc4ccc(Br)cc43)[C@H]2C1=O. The van der Waals surface area contributed by atoms with E-state index < -0.39 is 17.4 Å². The molecule has 4 aliphatic heterocycles. The Morgan fingerprint density at radius 1 is 1.13 bits per heavy atom. The zero-order chi connectivity index (χ0) is 21.5. The van der Waals surface area contributed by atoms with Crippen molar-refractivity contribution in [2.75, 3.05) is 23.9 Å². The number of para-hydroxylation sites is 2. The molecule has 2 aromatic carbocycles. The molecule has 3 fully saturated rings. The van der Waals surface area contributed by atoms with Gasteiger partial charge in [0.25, 0.3) is 0 Å². The molecule has 1 spiro atoms. The van der Waals surface area contributed by atoms with Gasteiger partial charge in [-0.25, -0.2) is 4.90 Å². The standard InChI is InChI=1S/C23H20BrN3O4/c1-31-17-7-3-2-5-15(17)27-20(28)18-16-6-4-10-26(16)23(19(18)21(27)29)13-11-12(24)8-9-14(13)25-22(23)30/h2-3,5,7-9,11,16,18-19H,4,6,10H2,1H3,(H,25,30)/t16-,18+,19+,23-/m0/s1. The van der Waals surface area contributed by atoms with E-state index in [1.165, 1.54) is 12.0 Å². The van der Waals surface area contributed by atoms with E-state index in [-0.39, 0.29) is 23.8 Å². The van der Waals surface area contributed by atoms with Gasteiger partial charge in [-0.3, -0.25) is 19.3 Å². The van der Waals surface area contributed by atoms with Gasteiger partial charge in [0, 0.05) is 21.8 Å². The first-order valence-corrected chi connectivity index (χ1v) is 11.2. The van der Waals surface area contributed by atoms with Crippen LogP contribution in [0.15, 0.2) is 46.9 Å². The maximum absolute atomic E-state index is 13.9. The summed E-state index contributed by atoms with van der Waals surface area (Å²) < 4.78 is 6.26. The van der Waals surface area contributed by atoms with Crippen molar-refractivity contribution in [1.29, 1.82) is 0 Å². The van der Waals surface area contributed by atoms with E-state index in [2.05, 4.69) is 26.1 Å². The number of carbonyl (C=O) groups is 3. The molecule has 0 aromatic heterocycles. The van der Waals surface area contributed by atoms with Gasteiger partial charge in [-0.15, -0.1) is 0 Å². The van der Waals surface area contributed by atoms with Gasteiger partial charge in [0.2, 0.25) is 17.7 Å². The van der Waals surface area contributed by atoms with E-state index in [0.29, 0.717) is 23.7 Å². The van der Waals surface area contributed by atoms with Crippen molar-refractivity contribution >= 4 is 45.0 Å². The molecule has 3 saturated heterocycles. The van der Waals surface area contributed by atoms with Gasteiger partial charge >= 0.3 is 0 Å². The second-order valence-corrected chi connectivity index (χ2v) is 9.42. The maximum atomic E-state index is 13.9. The number of carbonyl (C=O) groups excluding carboxylic acids is 3. The highest BCUT2D eigenvalue weighted by Crippen LogP contribution is 2.61. The predicted octanol–water partition coefficient (Wildman–Crippen LogP) is 2.89. The number of hydrogen-bond donors (Lipinski definition) is 1. The van der Waals surface area contributed by atoms with E-state index >= 15 is 0 Å². The summed E-state index contributed by atoms with van der Waals surface area (Å²) in [5.41, 5.74) is 0.737. The third-order valence-electron chi connectivity index (χ3n) is 7.28. The summed E-state index contributed by atoms with van der Waals surface area (Å²) in [4.78, 5) is 44.6. The van der Waals surface area contributed by atoms with Gasteiger partial charge in [-0.1, -0.05) is 28.1 Å². The molecule has 31 heavy (non-hydrogen) atoms. The van der Waals surface area contributed by atoms with Crippen LogP contribution in [0.4, 0.5) is 11.4 Å². The first-order chi connectivity index (χ1) is 15.0. The number of methoxy groups -OCH3 is 1. The van der Waals surface area contributed by atoms with Gasteiger partial charge < -0.3 is 10.1 Å². The average Bonchev–Trinajstić information content (AvgIpc) is 3.47. The monoisotopic (exact) mass is 481 g/mol. The minimum absolute atomic E-state index is 0.142. The van der Waals surface area contributed by atoms with Crippen LogP contribution in [0.3, 0.4) is 0 Å². The number of fused-ring (bicyclic) bond motifs is 7. The van der Waals surface area contributed by atoms with E-state index in [9.17, 15) is 14.4 Å². The van der Waals surface area contributed by atoms with Crippen LogP contribution in [0.2, 0.25) is 0 Å². The first-order valence-electron chi connectivity index (χ1n) is 10.4. The summed E-state index contributed by atoms with van der Waals surface area (Å²) in [7, 11) is 1.52. The van der Waals surface area contributed by atoms with Crippen LogP contribution in [0.25, 0.3) is 0 Å². The summed E-state index contributed by atoms with van der Waals surface area (Å²) in [5.74, 6) is -1.67. The lowest BCUT2D eigenvalue weighted by Gasteiger charge is -2.36. The number of nitrogens with one attached hydrogen (secondary N) is 1. The zero-order valence-electron chi connectivity index (χ0n) is 16.8. The molecule has 8 heteroatoms. The third-order valence-corrected chi connectivity index (χ3v) is 7.77. The number of amides is 3. The van der Waals surface area contributed by atoms with Gasteiger partial charge in [0.05, 0.1) is 24.6 Å². The largest absolute Gasteiger partial charge is 0.495 e. The normalized spacial score (nSPS) is 31.2. The van der Waals surface area contributed by atoms with Crippen molar-refractivity contribution in [2.45, 2.75) is 24.4 Å². The second-order valence-electron chi connectivity index (χ2n) is 8.50. The molecule has 7 nitrogen and oxygen atoms in total. The number of imide groups is 1. The highest BCUT2D eigenvalue weighted by Gasteiger charge is 2.74. The van der Waals surface area contributed by atoms with Crippen molar-refractivity contribution in [3.63, 3.8) is 0 Å². The Balaban J connectivity index is 1.57. The van der Waals surface area contributed by atoms with E-state index in [1.807, 2.05) is 18.2 Å².